The second-order valence-electron chi connectivity index (χ2n) is 4.63. The van der Waals surface area contributed by atoms with Crippen LogP contribution in [0.3, 0.4) is 0 Å². The van der Waals surface area contributed by atoms with Gasteiger partial charge < -0.3 is 0 Å². The molecule has 0 saturated heterocycles. The maximum atomic E-state index is 13.2. The average molecular weight is 351 g/mol. The van der Waals surface area contributed by atoms with Crippen LogP contribution in [0.4, 0.5) is 17.6 Å². The first kappa shape index (κ1) is 18.1. The summed E-state index contributed by atoms with van der Waals surface area (Å²) < 4.78 is 42.2. The zero-order chi connectivity index (χ0) is 17.4. The smallest absolute Gasteiger partial charge is 0.207 e. The van der Waals surface area contributed by atoms with E-state index in [-0.39, 0.29) is 16.7 Å². The summed E-state index contributed by atoms with van der Waals surface area (Å²) in [5, 5.41) is 0. The Hall–Kier alpha value is -2.27. The Morgan fingerprint density at radius 2 is 0.875 bits per heavy atom. The Morgan fingerprint density at radius 1 is 0.542 bits per heavy atom. The minimum Gasteiger partial charge on any atom is -0.207 e. The Labute approximate surface area is 141 Å². The van der Waals surface area contributed by atoms with E-state index in [0.717, 1.165) is 4.90 Å². The van der Waals surface area contributed by atoms with E-state index in [1.54, 1.807) is 0 Å². The Kier molecular flexibility index (Phi) is 6.88. The van der Waals surface area contributed by atoms with E-state index in [1.807, 2.05) is 48.5 Å². The summed E-state index contributed by atoms with van der Waals surface area (Å²) in [5.41, 5.74) is 0. The molecule has 0 N–H and O–H groups in total. The number of halogens is 4. The van der Waals surface area contributed by atoms with Gasteiger partial charge in [-0.1, -0.05) is 36.4 Å². The molecule has 124 valence electrons. The molecule has 0 amide bonds. The van der Waals surface area contributed by atoms with Gasteiger partial charge in [-0.25, -0.2) is 4.39 Å². The summed E-state index contributed by atoms with van der Waals surface area (Å²) in [4.78, 5) is 3.61. The van der Waals surface area contributed by atoms with Gasteiger partial charge in [0.25, 0.3) is 0 Å². The fourth-order valence-electron chi connectivity index (χ4n) is 2.09. The fraction of sp³-hybridized carbons (Fsp3) is 0.0526. The van der Waals surface area contributed by atoms with Crippen LogP contribution < -0.4 is 0 Å². The third-order valence-electron chi connectivity index (χ3n) is 3.01. The van der Waals surface area contributed by atoms with Gasteiger partial charge in [0.05, 0.1) is 10.9 Å². The topological polar surface area (TPSA) is 0 Å². The molecule has 0 spiro atoms. The minimum atomic E-state index is -3.67. The highest BCUT2D eigenvalue weighted by molar-refractivity contribution is 7.97. The summed E-state index contributed by atoms with van der Waals surface area (Å²) >= 11 is 0. The van der Waals surface area contributed by atoms with Gasteiger partial charge >= 0.3 is 6.68 Å². The van der Waals surface area contributed by atoms with Crippen molar-refractivity contribution in [2.75, 3.05) is 0 Å². The molecule has 0 aliphatic carbocycles. The average Bonchev–Trinajstić information content (AvgIpc) is 2.58. The van der Waals surface area contributed by atoms with Crippen molar-refractivity contribution in [3.05, 3.63) is 90.7 Å². The standard InChI is InChI=1S/C18H14FS.CHF3/c19-15-11-13-18(14-12-15)20(16-7-3-1-4-8-16)17-9-5-2-6-10-17;2-1(3)4/h1-14H;1H/q+1;. The minimum absolute atomic E-state index is 0.190. The zero-order valence-electron chi connectivity index (χ0n) is 12.6. The monoisotopic (exact) mass is 351 g/mol. The van der Waals surface area contributed by atoms with Crippen LogP contribution in [0.5, 0.6) is 0 Å². The largest absolute Gasteiger partial charge is 0.379 e. The van der Waals surface area contributed by atoms with Gasteiger partial charge in [-0.3, -0.25) is 0 Å². The molecular formula is C19H15F4S+. The zero-order valence-corrected chi connectivity index (χ0v) is 13.4. The predicted octanol–water partition coefficient (Wildman–Crippen LogP) is 6.10. The van der Waals surface area contributed by atoms with E-state index in [4.69, 9.17) is 0 Å². The lowest BCUT2D eigenvalue weighted by molar-refractivity contribution is 0.00819. The highest BCUT2D eigenvalue weighted by Gasteiger charge is 2.27. The van der Waals surface area contributed by atoms with Gasteiger partial charge in [0.2, 0.25) is 0 Å². The van der Waals surface area contributed by atoms with Gasteiger partial charge in [-0.15, -0.1) is 0 Å². The molecule has 0 fully saturated rings. The van der Waals surface area contributed by atoms with Crippen molar-refractivity contribution in [2.45, 2.75) is 21.4 Å². The summed E-state index contributed by atoms with van der Waals surface area (Å²) in [6.07, 6.45) is 0. The highest BCUT2D eigenvalue weighted by Crippen LogP contribution is 2.30. The lowest BCUT2D eigenvalue weighted by Gasteiger charge is -2.07. The van der Waals surface area contributed by atoms with Crippen molar-refractivity contribution in [3.63, 3.8) is 0 Å². The van der Waals surface area contributed by atoms with Crippen LogP contribution in [0.2, 0.25) is 0 Å². The SMILES string of the molecule is FC(F)F.Fc1ccc([S+](c2ccccc2)c2ccccc2)cc1. The Balaban J connectivity index is 0.000000471. The Bertz CT molecular complexity index is 673. The lowest BCUT2D eigenvalue weighted by Crippen LogP contribution is -2.04. The van der Waals surface area contributed by atoms with Crippen molar-refractivity contribution >= 4 is 10.9 Å². The molecule has 0 bridgehead atoms. The van der Waals surface area contributed by atoms with E-state index in [9.17, 15) is 17.6 Å². The number of hydrogen-bond donors (Lipinski definition) is 0. The number of benzene rings is 3. The van der Waals surface area contributed by atoms with E-state index >= 15 is 0 Å². The molecule has 0 radical (unpaired) electrons. The van der Waals surface area contributed by atoms with Crippen molar-refractivity contribution < 1.29 is 17.6 Å². The molecule has 3 rings (SSSR count). The molecule has 0 aliphatic rings. The van der Waals surface area contributed by atoms with Crippen molar-refractivity contribution in [3.8, 4) is 0 Å². The highest BCUT2D eigenvalue weighted by atomic mass is 32.2. The van der Waals surface area contributed by atoms with E-state index < -0.39 is 6.68 Å². The molecule has 0 aliphatic heterocycles. The second kappa shape index (κ2) is 9.13. The maximum absolute atomic E-state index is 13.2. The lowest BCUT2D eigenvalue weighted by atomic mass is 10.3. The quantitative estimate of drug-likeness (QED) is 0.395. The second-order valence-corrected chi connectivity index (χ2v) is 6.66. The predicted molar refractivity (Wildman–Crippen MR) is 88.6 cm³/mol. The van der Waals surface area contributed by atoms with Gasteiger partial charge in [-0.2, -0.15) is 13.2 Å². The first-order valence-corrected chi connectivity index (χ1v) is 8.32. The van der Waals surface area contributed by atoms with Crippen molar-refractivity contribution in [1.82, 2.24) is 0 Å². The molecular weight excluding hydrogens is 336 g/mol. The summed E-state index contributed by atoms with van der Waals surface area (Å²) in [6.45, 7) is -3.67. The van der Waals surface area contributed by atoms with Crippen LogP contribution in [-0.2, 0) is 10.9 Å². The fourth-order valence-corrected chi connectivity index (χ4v) is 4.18. The number of alkyl halides is 3. The van der Waals surface area contributed by atoms with E-state index in [2.05, 4.69) is 24.3 Å². The normalized spacial score (nSPS) is 10.4. The molecule has 0 atom stereocenters. The molecule has 0 aromatic heterocycles. The summed E-state index contributed by atoms with van der Waals surface area (Å²) in [6, 6.07) is 27.5. The van der Waals surface area contributed by atoms with Crippen LogP contribution >= 0.6 is 0 Å². The van der Waals surface area contributed by atoms with E-state index in [1.165, 1.54) is 21.9 Å². The molecule has 0 unspecified atom stereocenters. The molecule has 3 aromatic rings. The molecule has 24 heavy (non-hydrogen) atoms. The Morgan fingerprint density at radius 3 is 1.25 bits per heavy atom. The van der Waals surface area contributed by atoms with Crippen LogP contribution in [0, 0.1) is 5.82 Å². The first-order valence-electron chi connectivity index (χ1n) is 7.10. The van der Waals surface area contributed by atoms with Crippen LogP contribution in [0.25, 0.3) is 0 Å². The molecule has 0 heterocycles. The first-order chi connectivity index (χ1) is 11.6. The van der Waals surface area contributed by atoms with Crippen LogP contribution in [0.1, 0.15) is 0 Å². The summed E-state index contributed by atoms with van der Waals surface area (Å²) in [5.74, 6) is -0.196. The van der Waals surface area contributed by atoms with Gasteiger partial charge in [0, 0.05) is 0 Å². The van der Waals surface area contributed by atoms with Gasteiger partial charge in [0.15, 0.2) is 14.7 Å². The third kappa shape index (κ3) is 5.42. The van der Waals surface area contributed by atoms with Crippen molar-refractivity contribution in [1.29, 1.82) is 0 Å². The van der Waals surface area contributed by atoms with Gasteiger partial charge in [-0.05, 0) is 48.5 Å². The molecule has 0 nitrogen and oxygen atoms in total. The van der Waals surface area contributed by atoms with Crippen molar-refractivity contribution in [2.24, 2.45) is 0 Å². The third-order valence-corrected chi connectivity index (χ3v) is 5.24. The molecule has 3 aromatic carbocycles. The maximum Gasteiger partial charge on any atom is 0.379 e. The molecule has 5 heteroatoms. The van der Waals surface area contributed by atoms with Crippen LogP contribution in [0.15, 0.2) is 99.6 Å². The number of hydrogen-bond acceptors (Lipinski definition) is 0. The molecule has 0 saturated carbocycles. The van der Waals surface area contributed by atoms with Crippen LogP contribution in [-0.4, -0.2) is 6.68 Å². The van der Waals surface area contributed by atoms with E-state index in [0.29, 0.717) is 0 Å². The van der Waals surface area contributed by atoms with Gasteiger partial charge in [0.1, 0.15) is 5.82 Å². The summed E-state index contributed by atoms with van der Waals surface area (Å²) in [7, 11) is -0.190. The number of rotatable bonds is 3.